The first kappa shape index (κ1) is 31.1. The molecule has 1 aliphatic heterocycles. The second kappa shape index (κ2) is 13.0. The fourth-order valence-corrected chi connectivity index (χ4v) is 6.86. The third kappa shape index (κ3) is 6.16. The zero-order valence-electron chi connectivity index (χ0n) is 22.2. The molecule has 4 rings (SSSR count). The molecule has 0 aromatic heterocycles. The molecule has 220 valence electrons. The van der Waals surface area contributed by atoms with Gasteiger partial charge in [0.1, 0.15) is 11.6 Å². The van der Waals surface area contributed by atoms with Crippen LogP contribution in [0, 0.1) is 17.0 Å². The van der Waals surface area contributed by atoms with E-state index in [1.165, 1.54) is 24.3 Å². The molecule has 40 heavy (non-hydrogen) atoms. The maximum absolute atomic E-state index is 15.7. The summed E-state index contributed by atoms with van der Waals surface area (Å²) in [5, 5.41) is 35.4. The fraction of sp³-hybridized carbons (Fsp3) is 0.552. The molecular weight excluding hydrogens is 563 g/mol. The number of hydrogen-bond donors (Lipinski definition) is 6. The van der Waals surface area contributed by atoms with E-state index in [1.807, 2.05) is 0 Å². The summed E-state index contributed by atoms with van der Waals surface area (Å²) in [5.74, 6) is -3.08. The third-order valence-corrected chi connectivity index (χ3v) is 9.20. The highest BCUT2D eigenvalue weighted by Gasteiger charge is 2.59. The number of amides is 1. The van der Waals surface area contributed by atoms with Gasteiger partial charge in [-0.15, -0.1) is 0 Å². The van der Waals surface area contributed by atoms with E-state index < -0.39 is 59.2 Å². The summed E-state index contributed by atoms with van der Waals surface area (Å²) in [6.07, 6.45) is 3.78. The first-order valence-corrected chi connectivity index (χ1v) is 14.4. The SMILES string of the molecule is N[C@]1(c2ccc(Cl)cc2F)[C@H](CC2(CO)CCCCC2)N[C@@H](C(=O)NCC[C@H](O)CO)[C@@H]1c1cccc(Cl)c1F. The number of carbonyl (C=O) groups excluding carboxylic acids is 1. The number of halogens is 4. The molecular formula is C29H37Cl2F2N3O4. The monoisotopic (exact) mass is 599 g/mol. The molecule has 1 amide bonds. The van der Waals surface area contributed by atoms with Crippen molar-refractivity contribution in [3.8, 4) is 0 Å². The van der Waals surface area contributed by atoms with Crippen LogP contribution in [0.2, 0.25) is 10.0 Å². The van der Waals surface area contributed by atoms with E-state index >= 15 is 8.78 Å². The van der Waals surface area contributed by atoms with Crippen molar-refractivity contribution in [2.45, 2.75) is 74.6 Å². The van der Waals surface area contributed by atoms with Gasteiger partial charge in [0, 0.05) is 35.7 Å². The Morgan fingerprint density at radius 3 is 2.52 bits per heavy atom. The summed E-state index contributed by atoms with van der Waals surface area (Å²) in [6, 6.07) is 6.68. The standard InChI is InChI=1S/C29H37Cl2F2N3O4/c30-17-7-8-20(22(32)13-17)29(34)23(14-28(16-38)10-2-1-3-11-28)36-26(27(40)35-12-9-18(39)15-37)24(29)19-5-4-6-21(31)25(19)33/h4-8,13,18,23-24,26,36-39H,1-3,9-12,14-16,34H2,(H,35,40)/t18-,23-,24-,26+,29+/m0/s1. The Bertz CT molecular complexity index is 1200. The molecule has 1 saturated carbocycles. The number of carbonyl (C=O) groups is 1. The highest BCUT2D eigenvalue weighted by Crippen LogP contribution is 2.52. The number of nitrogens with one attached hydrogen (secondary N) is 2. The van der Waals surface area contributed by atoms with Crippen LogP contribution in [0.25, 0.3) is 0 Å². The van der Waals surface area contributed by atoms with Gasteiger partial charge in [-0.2, -0.15) is 0 Å². The van der Waals surface area contributed by atoms with Crippen molar-refractivity contribution in [2.24, 2.45) is 11.1 Å². The number of nitrogens with two attached hydrogens (primary N) is 1. The average Bonchev–Trinajstić information content (AvgIpc) is 3.22. The lowest BCUT2D eigenvalue weighted by Gasteiger charge is -2.43. The van der Waals surface area contributed by atoms with Crippen molar-refractivity contribution < 1.29 is 28.9 Å². The Hall–Kier alpha value is -1.85. The van der Waals surface area contributed by atoms with Gasteiger partial charge in [0.05, 0.1) is 29.3 Å². The van der Waals surface area contributed by atoms with Crippen LogP contribution in [0.3, 0.4) is 0 Å². The summed E-state index contributed by atoms with van der Waals surface area (Å²) in [5.41, 5.74) is 5.21. The molecule has 5 atom stereocenters. The van der Waals surface area contributed by atoms with E-state index in [-0.39, 0.29) is 40.7 Å². The molecule has 2 aliphatic rings. The summed E-state index contributed by atoms with van der Waals surface area (Å²) in [7, 11) is 0. The smallest absolute Gasteiger partial charge is 0.237 e. The van der Waals surface area contributed by atoms with Crippen molar-refractivity contribution >= 4 is 29.1 Å². The van der Waals surface area contributed by atoms with E-state index in [2.05, 4.69) is 10.6 Å². The van der Waals surface area contributed by atoms with Crippen LogP contribution in [-0.4, -0.2) is 59.2 Å². The van der Waals surface area contributed by atoms with Gasteiger partial charge in [0.2, 0.25) is 5.91 Å². The van der Waals surface area contributed by atoms with Crippen LogP contribution in [0.15, 0.2) is 36.4 Å². The van der Waals surface area contributed by atoms with Crippen LogP contribution in [0.4, 0.5) is 8.78 Å². The van der Waals surface area contributed by atoms with Gasteiger partial charge in [0.25, 0.3) is 0 Å². The summed E-state index contributed by atoms with van der Waals surface area (Å²) in [4.78, 5) is 13.6. The Labute approximate surface area is 243 Å². The minimum Gasteiger partial charge on any atom is -0.396 e. The quantitative estimate of drug-likeness (QED) is 0.247. The van der Waals surface area contributed by atoms with Crippen LogP contribution in [-0.2, 0) is 10.3 Å². The topological polar surface area (TPSA) is 128 Å². The zero-order valence-corrected chi connectivity index (χ0v) is 23.7. The highest BCUT2D eigenvalue weighted by molar-refractivity contribution is 6.31. The minimum absolute atomic E-state index is 0.0433. The molecule has 0 unspecified atom stereocenters. The van der Waals surface area contributed by atoms with Crippen molar-refractivity contribution in [1.29, 1.82) is 0 Å². The first-order chi connectivity index (χ1) is 19.1. The lowest BCUT2D eigenvalue weighted by molar-refractivity contribution is -0.123. The van der Waals surface area contributed by atoms with Crippen LogP contribution < -0.4 is 16.4 Å². The molecule has 2 aromatic rings. The van der Waals surface area contributed by atoms with Crippen LogP contribution >= 0.6 is 23.2 Å². The summed E-state index contributed by atoms with van der Waals surface area (Å²) in [6.45, 7) is -0.515. The van der Waals surface area contributed by atoms with Crippen molar-refractivity contribution in [3.05, 3.63) is 69.2 Å². The minimum atomic E-state index is -1.65. The summed E-state index contributed by atoms with van der Waals surface area (Å²) >= 11 is 12.2. The number of aliphatic hydroxyl groups is 3. The molecule has 0 radical (unpaired) electrons. The Kier molecular flexibility index (Phi) is 10.1. The number of aliphatic hydroxyl groups excluding tert-OH is 3. The third-order valence-electron chi connectivity index (χ3n) is 8.68. The van der Waals surface area contributed by atoms with Crippen molar-refractivity contribution in [1.82, 2.24) is 10.6 Å². The predicted molar refractivity (Wildman–Crippen MR) is 150 cm³/mol. The molecule has 0 bridgehead atoms. The van der Waals surface area contributed by atoms with Gasteiger partial charge in [0.15, 0.2) is 0 Å². The average molecular weight is 601 g/mol. The lowest BCUT2D eigenvalue weighted by atomic mass is 9.64. The summed E-state index contributed by atoms with van der Waals surface area (Å²) < 4.78 is 31.4. The number of rotatable bonds is 10. The molecule has 2 fully saturated rings. The Morgan fingerprint density at radius 2 is 1.88 bits per heavy atom. The molecule has 1 saturated heterocycles. The normalized spacial score (nSPS) is 26.9. The molecule has 11 heteroatoms. The van der Waals surface area contributed by atoms with Gasteiger partial charge in [-0.25, -0.2) is 8.78 Å². The van der Waals surface area contributed by atoms with Crippen LogP contribution in [0.1, 0.15) is 62.0 Å². The predicted octanol–water partition coefficient (Wildman–Crippen LogP) is 3.74. The van der Waals surface area contributed by atoms with E-state index in [0.29, 0.717) is 6.42 Å². The van der Waals surface area contributed by atoms with Crippen molar-refractivity contribution in [2.75, 3.05) is 19.8 Å². The molecule has 1 aliphatic carbocycles. The highest BCUT2D eigenvalue weighted by atomic mass is 35.5. The zero-order chi connectivity index (χ0) is 29.1. The van der Waals surface area contributed by atoms with Gasteiger partial charge >= 0.3 is 0 Å². The van der Waals surface area contributed by atoms with E-state index in [4.69, 9.17) is 34.0 Å². The fourth-order valence-electron chi connectivity index (χ4n) is 6.52. The van der Waals surface area contributed by atoms with E-state index in [1.54, 1.807) is 6.07 Å². The van der Waals surface area contributed by atoms with E-state index in [9.17, 15) is 15.0 Å². The largest absolute Gasteiger partial charge is 0.396 e. The van der Waals surface area contributed by atoms with Gasteiger partial charge < -0.3 is 31.7 Å². The molecule has 2 aromatic carbocycles. The molecule has 0 spiro atoms. The van der Waals surface area contributed by atoms with Crippen molar-refractivity contribution in [3.63, 3.8) is 0 Å². The van der Waals surface area contributed by atoms with Gasteiger partial charge in [-0.3, -0.25) is 4.79 Å². The van der Waals surface area contributed by atoms with E-state index in [0.717, 1.165) is 38.2 Å². The molecule has 7 N–H and O–H groups in total. The second-order valence-corrected chi connectivity index (χ2v) is 12.1. The Balaban J connectivity index is 1.85. The van der Waals surface area contributed by atoms with Gasteiger partial charge in [-0.1, -0.05) is 60.7 Å². The first-order valence-electron chi connectivity index (χ1n) is 13.7. The molecule has 1 heterocycles. The molecule has 7 nitrogen and oxygen atoms in total. The maximum Gasteiger partial charge on any atom is 0.237 e. The number of benzene rings is 2. The number of hydrogen-bond acceptors (Lipinski definition) is 6. The maximum atomic E-state index is 15.7. The second-order valence-electron chi connectivity index (χ2n) is 11.2. The Morgan fingerprint density at radius 1 is 1.15 bits per heavy atom. The van der Waals surface area contributed by atoms with Crippen LogP contribution in [0.5, 0.6) is 0 Å². The lowest BCUT2D eigenvalue weighted by Crippen LogP contribution is -2.53. The van der Waals surface area contributed by atoms with Gasteiger partial charge in [-0.05, 0) is 54.9 Å².